The van der Waals surface area contributed by atoms with Crippen LogP contribution in [0.2, 0.25) is 5.02 Å². The van der Waals surface area contributed by atoms with Crippen LogP contribution in [0, 0.1) is 11.3 Å². The monoisotopic (exact) mass is 269 g/mol. The Balaban J connectivity index is 2.09. The van der Waals surface area contributed by atoms with Crippen molar-refractivity contribution in [1.29, 1.82) is 5.26 Å². The molecule has 0 atom stereocenters. The Labute approximate surface area is 117 Å². The number of hydrogen-bond acceptors (Lipinski definition) is 2. The van der Waals surface area contributed by atoms with Gasteiger partial charge < -0.3 is 4.74 Å². The summed E-state index contributed by atoms with van der Waals surface area (Å²) >= 11 is 5.83. The van der Waals surface area contributed by atoms with Gasteiger partial charge in [-0.2, -0.15) is 5.26 Å². The molecule has 0 unspecified atom stereocenters. The fraction of sp³-hybridized carbons (Fsp3) is 0.0625. The van der Waals surface area contributed by atoms with Crippen molar-refractivity contribution in [3.63, 3.8) is 0 Å². The van der Waals surface area contributed by atoms with Crippen LogP contribution in [0.4, 0.5) is 0 Å². The van der Waals surface area contributed by atoms with Gasteiger partial charge in [0.25, 0.3) is 0 Å². The molecule has 0 saturated carbocycles. The van der Waals surface area contributed by atoms with Crippen molar-refractivity contribution in [3.8, 4) is 11.8 Å². The van der Waals surface area contributed by atoms with E-state index in [1.165, 1.54) is 6.08 Å². The Hall–Kier alpha value is -2.24. The molecule has 3 heteroatoms. The summed E-state index contributed by atoms with van der Waals surface area (Å²) in [5.41, 5.74) is 1.93. The Bertz CT molecular complexity index is 611. The first-order valence-corrected chi connectivity index (χ1v) is 6.20. The van der Waals surface area contributed by atoms with E-state index in [-0.39, 0.29) is 0 Å². The number of ether oxygens (including phenoxy) is 1. The normalized spacial score (nSPS) is 10.3. The average molecular weight is 270 g/mol. The van der Waals surface area contributed by atoms with Crippen molar-refractivity contribution in [2.45, 2.75) is 6.61 Å². The van der Waals surface area contributed by atoms with E-state index in [0.29, 0.717) is 11.6 Å². The van der Waals surface area contributed by atoms with Gasteiger partial charge in [0.15, 0.2) is 0 Å². The molecule has 2 nitrogen and oxygen atoms in total. The van der Waals surface area contributed by atoms with Gasteiger partial charge in [-0.3, -0.25) is 0 Å². The summed E-state index contributed by atoms with van der Waals surface area (Å²) in [6.07, 6.45) is 3.17. The lowest BCUT2D eigenvalue weighted by molar-refractivity contribution is 0.305. The topological polar surface area (TPSA) is 33.0 Å². The first-order chi connectivity index (χ1) is 9.29. The highest BCUT2D eigenvalue weighted by Gasteiger charge is 2.00. The van der Waals surface area contributed by atoms with Gasteiger partial charge in [0, 0.05) is 16.7 Å². The smallest absolute Gasteiger partial charge is 0.127 e. The molecular weight excluding hydrogens is 258 g/mol. The SMILES string of the molecule is N#C/C=C/c1ccccc1OCc1ccc(Cl)cc1. The highest BCUT2D eigenvalue weighted by molar-refractivity contribution is 6.30. The molecule has 0 N–H and O–H groups in total. The molecule has 0 bridgehead atoms. The third kappa shape index (κ3) is 3.87. The van der Waals surface area contributed by atoms with Gasteiger partial charge >= 0.3 is 0 Å². The molecule has 2 aromatic carbocycles. The molecule has 0 fully saturated rings. The molecule has 0 amide bonds. The van der Waals surface area contributed by atoms with Crippen LogP contribution in [0.15, 0.2) is 54.6 Å². The number of halogens is 1. The Morgan fingerprint density at radius 2 is 1.84 bits per heavy atom. The molecule has 0 spiro atoms. The highest BCUT2D eigenvalue weighted by Crippen LogP contribution is 2.21. The summed E-state index contributed by atoms with van der Waals surface area (Å²) in [6.45, 7) is 0.467. The number of benzene rings is 2. The average Bonchev–Trinajstić information content (AvgIpc) is 2.45. The number of rotatable bonds is 4. The molecule has 0 aliphatic heterocycles. The van der Waals surface area contributed by atoms with Gasteiger partial charge in [-0.05, 0) is 29.8 Å². The summed E-state index contributed by atoms with van der Waals surface area (Å²) in [4.78, 5) is 0. The van der Waals surface area contributed by atoms with Crippen LogP contribution in [-0.4, -0.2) is 0 Å². The lowest BCUT2D eigenvalue weighted by Gasteiger charge is -2.09. The van der Waals surface area contributed by atoms with Crippen molar-refractivity contribution >= 4 is 17.7 Å². The van der Waals surface area contributed by atoms with E-state index in [1.54, 1.807) is 6.08 Å². The fourth-order valence-corrected chi connectivity index (χ4v) is 1.74. The maximum absolute atomic E-state index is 8.56. The number of allylic oxidation sites excluding steroid dienone is 1. The third-order valence-electron chi connectivity index (χ3n) is 2.56. The second kappa shape index (κ2) is 6.63. The molecule has 2 rings (SSSR count). The van der Waals surface area contributed by atoms with Crippen molar-refractivity contribution in [2.24, 2.45) is 0 Å². The van der Waals surface area contributed by atoms with Gasteiger partial charge in [-0.1, -0.05) is 41.9 Å². The van der Waals surface area contributed by atoms with Crippen LogP contribution in [0.5, 0.6) is 5.75 Å². The molecule has 19 heavy (non-hydrogen) atoms. The van der Waals surface area contributed by atoms with Crippen LogP contribution in [-0.2, 0) is 6.61 Å². The van der Waals surface area contributed by atoms with E-state index >= 15 is 0 Å². The van der Waals surface area contributed by atoms with Gasteiger partial charge in [0.2, 0.25) is 0 Å². The molecule has 94 valence electrons. The lowest BCUT2D eigenvalue weighted by atomic mass is 10.2. The predicted molar refractivity (Wildman–Crippen MR) is 76.9 cm³/mol. The Morgan fingerprint density at radius 3 is 2.58 bits per heavy atom. The van der Waals surface area contributed by atoms with E-state index in [0.717, 1.165) is 16.9 Å². The number of hydrogen-bond donors (Lipinski definition) is 0. The molecule has 2 aromatic rings. The minimum atomic E-state index is 0.467. The molecule has 0 aromatic heterocycles. The molecule has 0 radical (unpaired) electrons. The van der Waals surface area contributed by atoms with E-state index in [9.17, 15) is 0 Å². The predicted octanol–water partition coefficient (Wildman–Crippen LogP) is 4.46. The first-order valence-electron chi connectivity index (χ1n) is 5.82. The van der Waals surface area contributed by atoms with Crippen LogP contribution >= 0.6 is 11.6 Å². The van der Waals surface area contributed by atoms with Gasteiger partial charge in [0.1, 0.15) is 12.4 Å². The fourth-order valence-electron chi connectivity index (χ4n) is 1.62. The van der Waals surface area contributed by atoms with Crippen LogP contribution in [0.3, 0.4) is 0 Å². The standard InChI is InChI=1S/C16H12ClNO/c17-15-9-7-13(8-10-15)12-19-16-6-2-1-4-14(16)5-3-11-18/h1-10H,12H2/b5-3+. The maximum atomic E-state index is 8.56. The lowest BCUT2D eigenvalue weighted by Crippen LogP contribution is -1.96. The molecule has 0 aliphatic rings. The van der Waals surface area contributed by atoms with E-state index < -0.39 is 0 Å². The Morgan fingerprint density at radius 1 is 1.11 bits per heavy atom. The van der Waals surface area contributed by atoms with Crippen molar-refractivity contribution in [2.75, 3.05) is 0 Å². The molecule has 0 heterocycles. The molecular formula is C16H12ClNO. The summed E-state index contributed by atoms with van der Waals surface area (Å²) < 4.78 is 5.76. The molecule has 0 aliphatic carbocycles. The second-order valence-electron chi connectivity index (χ2n) is 3.92. The van der Waals surface area contributed by atoms with Crippen molar-refractivity contribution < 1.29 is 4.74 Å². The summed E-state index contributed by atoms with van der Waals surface area (Å²) in [5.74, 6) is 0.754. The highest BCUT2D eigenvalue weighted by atomic mass is 35.5. The van der Waals surface area contributed by atoms with E-state index in [4.69, 9.17) is 21.6 Å². The maximum Gasteiger partial charge on any atom is 0.127 e. The largest absolute Gasteiger partial charge is 0.488 e. The summed E-state index contributed by atoms with van der Waals surface area (Å²) in [6, 6.07) is 17.1. The van der Waals surface area contributed by atoms with Gasteiger partial charge in [-0.15, -0.1) is 0 Å². The second-order valence-corrected chi connectivity index (χ2v) is 4.35. The van der Waals surface area contributed by atoms with Crippen LogP contribution in [0.25, 0.3) is 6.08 Å². The summed E-state index contributed by atoms with van der Waals surface area (Å²) in [7, 11) is 0. The first kappa shape index (κ1) is 13.2. The molecule has 0 saturated heterocycles. The Kier molecular flexibility index (Phi) is 4.60. The van der Waals surface area contributed by atoms with E-state index in [1.807, 2.05) is 54.6 Å². The zero-order chi connectivity index (χ0) is 13.5. The van der Waals surface area contributed by atoms with Crippen LogP contribution < -0.4 is 4.74 Å². The zero-order valence-electron chi connectivity index (χ0n) is 10.2. The number of nitriles is 1. The third-order valence-corrected chi connectivity index (χ3v) is 2.82. The van der Waals surface area contributed by atoms with E-state index in [2.05, 4.69) is 0 Å². The minimum Gasteiger partial charge on any atom is -0.488 e. The van der Waals surface area contributed by atoms with Gasteiger partial charge in [-0.25, -0.2) is 0 Å². The van der Waals surface area contributed by atoms with Gasteiger partial charge in [0.05, 0.1) is 6.07 Å². The quantitative estimate of drug-likeness (QED) is 0.768. The minimum absolute atomic E-state index is 0.467. The zero-order valence-corrected chi connectivity index (χ0v) is 11.0. The van der Waals surface area contributed by atoms with Crippen molar-refractivity contribution in [1.82, 2.24) is 0 Å². The van der Waals surface area contributed by atoms with Crippen LogP contribution in [0.1, 0.15) is 11.1 Å². The number of nitrogens with zero attached hydrogens (tertiary/aromatic N) is 1. The number of para-hydroxylation sites is 1. The van der Waals surface area contributed by atoms with Crippen molar-refractivity contribution in [3.05, 3.63) is 70.8 Å². The summed E-state index contributed by atoms with van der Waals surface area (Å²) in [5, 5.41) is 9.27.